The Morgan fingerprint density at radius 3 is 1.74 bits per heavy atom. The molecule has 0 radical (unpaired) electrons. The smallest absolute Gasteiger partial charge is 0.197 e. The van der Waals surface area contributed by atoms with Crippen LogP contribution in [0.2, 0.25) is 0 Å². The second kappa shape index (κ2) is 16.7. The fourth-order valence-corrected chi connectivity index (χ4v) is 9.32. The molecule has 2 aromatic carbocycles. The number of nitrogens with zero attached hydrogens (tertiary/aromatic N) is 1. The molecular weight excluding hydrogens is 615 g/mol. The van der Waals surface area contributed by atoms with Gasteiger partial charge in [0.1, 0.15) is 0 Å². The lowest BCUT2D eigenvalue weighted by Crippen LogP contribution is -1.99. The number of rotatable bonds is 19. The van der Waals surface area contributed by atoms with Crippen LogP contribution in [-0.4, -0.2) is 16.1 Å². The van der Waals surface area contributed by atoms with Crippen molar-refractivity contribution in [2.24, 2.45) is 0 Å². The van der Waals surface area contributed by atoms with Crippen molar-refractivity contribution in [1.82, 2.24) is 4.57 Å². The summed E-state index contributed by atoms with van der Waals surface area (Å²) in [5.41, 5.74) is 3.94. The van der Waals surface area contributed by atoms with Gasteiger partial charge in [0.05, 0.1) is 15.8 Å². The Kier molecular flexibility index (Phi) is 11.9. The predicted octanol–water partition coefficient (Wildman–Crippen LogP) is 13.3. The molecule has 0 saturated carbocycles. The summed E-state index contributed by atoms with van der Waals surface area (Å²) in [5, 5.41) is 1.33. The molecule has 3 nitrogen and oxygen atoms in total. The molecule has 1 aliphatic carbocycles. The molecule has 5 aromatic rings. The Morgan fingerprint density at radius 1 is 0.574 bits per heavy atom. The molecule has 246 valence electrons. The first-order chi connectivity index (χ1) is 23.2. The van der Waals surface area contributed by atoms with E-state index in [0.29, 0.717) is 11.1 Å². The monoisotopic (exact) mass is 663 g/mol. The molecule has 0 aliphatic heterocycles. The van der Waals surface area contributed by atoms with E-state index >= 15 is 0 Å². The third-order valence-corrected chi connectivity index (χ3v) is 12.1. The second-order valence-electron chi connectivity index (χ2n) is 13.3. The first kappa shape index (κ1) is 33.6. The molecule has 3 heterocycles. The maximum Gasteiger partial charge on any atom is 0.197 e. The van der Waals surface area contributed by atoms with E-state index in [1.54, 1.807) is 29.5 Å². The minimum Gasteiger partial charge on any atom is -0.340 e. The average Bonchev–Trinajstić information content (AvgIpc) is 3.86. The number of carbonyl (C=O) groups is 2. The molecule has 6 rings (SSSR count). The molecule has 3 aromatic heterocycles. The normalized spacial score (nSPS) is 13.0. The molecule has 5 heteroatoms. The van der Waals surface area contributed by atoms with E-state index in [1.807, 2.05) is 29.5 Å². The topological polar surface area (TPSA) is 39.1 Å². The van der Waals surface area contributed by atoms with Crippen LogP contribution < -0.4 is 0 Å². The largest absolute Gasteiger partial charge is 0.340 e. The van der Waals surface area contributed by atoms with Gasteiger partial charge in [-0.1, -0.05) is 146 Å². The minimum absolute atomic E-state index is 0.169. The maximum atomic E-state index is 12.9. The fourth-order valence-electron chi connectivity index (χ4n) is 7.09. The first-order valence-electron chi connectivity index (χ1n) is 18.2. The summed E-state index contributed by atoms with van der Waals surface area (Å²) in [7, 11) is 0. The summed E-state index contributed by atoms with van der Waals surface area (Å²) in [6, 6.07) is 22.4. The van der Waals surface area contributed by atoms with Crippen molar-refractivity contribution in [2.75, 3.05) is 0 Å². The zero-order valence-electron chi connectivity index (χ0n) is 28.0. The van der Waals surface area contributed by atoms with E-state index < -0.39 is 0 Å². The predicted molar refractivity (Wildman–Crippen MR) is 203 cm³/mol. The van der Waals surface area contributed by atoms with Crippen molar-refractivity contribution in [1.29, 1.82) is 0 Å². The quantitative estimate of drug-likeness (QED) is 0.0501. The van der Waals surface area contributed by atoms with E-state index in [-0.39, 0.29) is 17.1 Å². The Balaban J connectivity index is 0.994. The molecule has 0 N–H and O–H groups in total. The van der Waals surface area contributed by atoms with Crippen LogP contribution in [0.15, 0.2) is 72.3 Å². The zero-order valence-corrected chi connectivity index (χ0v) is 29.7. The van der Waals surface area contributed by atoms with Crippen molar-refractivity contribution in [3.05, 3.63) is 88.3 Å². The van der Waals surface area contributed by atoms with Crippen molar-refractivity contribution in [2.45, 2.75) is 116 Å². The lowest BCUT2D eigenvalue weighted by Gasteiger charge is -2.07. The van der Waals surface area contributed by atoms with Crippen LogP contribution in [0, 0.1) is 0 Å². The van der Waals surface area contributed by atoms with Gasteiger partial charge in [-0.15, -0.1) is 22.7 Å². The van der Waals surface area contributed by atoms with Gasteiger partial charge in [-0.05, 0) is 36.8 Å². The molecule has 0 unspecified atom stereocenters. The molecule has 0 bridgehead atoms. The Bertz CT molecular complexity index is 1800. The number of Topliss-reactive ketones (excluding diaryl/α,β-unsaturated/α-hetero) is 2. The Hall–Kier alpha value is -3.28. The minimum atomic E-state index is -0.169. The number of benzene rings is 2. The number of thiophene rings is 2. The number of aromatic nitrogens is 1. The zero-order chi connectivity index (χ0) is 32.4. The highest BCUT2D eigenvalue weighted by atomic mass is 32.1. The summed E-state index contributed by atoms with van der Waals surface area (Å²) in [4.78, 5) is 29.2. The summed E-state index contributed by atoms with van der Waals surface area (Å²) >= 11 is 3.49. The van der Waals surface area contributed by atoms with Gasteiger partial charge in [-0.25, -0.2) is 0 Å². The second-order valence-corrected chi connectivity index (χ2v) is 15.4. The number of hydrogen-bond acceptors (Lipinski definition) is 4. The van der Waals surface area contributed by atoms with Crippen molar-refractivity contribution in [3.8, 4) is 9.75 Å². The van der Waals surface area contributed by atoms with Crippen LogP contribution in [0.25, 0.3) is 36.9 Å². The van der Waals surface area contributed by atoms with E-state index in [2.05, 4.69) is 47.9 Å². The van der Waals surface area contributed by atoms with Crippen LogP contribution in [0.4, 0.5) is 0 Å². The molecule has 47 heavy (non-hydrogen) atoms. The van der Waals surface area contributed by atoms with Gasteiger partial charge >= 0.3 is 0 Å². The molecule has 0 atom stereocenters. The number of aryl methyl sites for hydroxylation is 1. The highest BCUT2D eigenvalue weighted by Gasteiger charge is 2.32. The number of allylic oxidation sites excluding steroid dienone is 1. The van der Waals surface area contributed by atoms with Gasteiger partial charge in [0.25, 0.3) is 0 Å². The van der Waals surface area contributed by atoms with E-state index in [0.717, 1.165) is 11.4 Å². The van der Waals surface area contributed by atoms with E-state index in [1.165, 1.54) is 134 Å². The van der Waals surface area contributed by atoms with Gasteiger partial charge in [0.15, 0.2) is 11.6 Å². The molecule has 0 saturated heterocycles. The lowest BCUT2D eigenvalue weighted by molar-refractivity contribution is 0.0990. The van der Waals surface area contributed by atoms with Crippen molar-refractivity contribution in [3.63, 3.8) is 0 Å². The Labute approximate surface area is 288 Å². The number of fused-ring (bicyclic) bond motifs is 4. The number of ketones is 2. The lowest BCUT2D eigenvalue weighted by atomic mass is 10.0. The van der Waals surface area contributed by atoms with Gasteiger partial charge in [-0.2, -0.15) is 0 Å². The van der Waals surface area contributed by atoms with Crippen LogP contribution in [0.1, 0.15) is 135 Å². The van der Waals surface area contributed by atoms with Gasteiger partial charge in [0, 0.05) is 43.2 Å². The SMILES string of the molecule is CCCCCCCCCCCCCCCCCCn1c2ccccc2c2sc(-c3ccc(C=C4C(=O)c5ccccc5C4=O)s3)cc21. The Morgan fingerprint density at radius 2 is 1.13 bits per heavy atom. The van der Waals surface area contributed by atoms with Crippen molar-refractivity contribution >= 4 is 61.4 Å². The number of para-hydroxylation sites is 1. The molecule has 1 aliphatic rings. The highest BCUT2D eigenvalue weighted by molar-refractivity contribution is 7.27. The summed E-state index contributed by atoms with van der Waals surface area (Å²) in [6.45, 7) is 3.34. The van der Waals surface area contributed by atoms with Crippen molar-refractivity contribution < 1.29 is 9.59 Å². The van der Waals surface area contributed by atoms with E-state index in [9.17, 15) is 9.59 Å². The van der Waals surface area contributed by atoms with Crippen LogP contribution >= 0.6 is 22.7 Å². The molecule has 0 spiro atoms. The van der Waals surface area contributed by atoms with Gasteiger partial charge in [-0.3, -0.25) is 9.59 Å². The highest BCUT2D eigenvalue weighted by Crippen LogP contribution is 2.42. The third kappa shape index (κ3) is 8.06. The number of unbranched alkanes of at least 4 members (excludes halogenated alkanes) is 15. The van der Waals surface area contributed by atoms with Crippen LogP contribution in [0.3, 0.4) is 0 Å². The molecular formula is C42H49NO2S2. The number of hydrogen-bond donors (Lipinski definition) is 0. The van der Waals surface area contributed by atoms with Crippen LogP contribution in [0.5, 0.6) is 0 Å². The first-order valence-corrected chi connectivity index (χ1v) is 19.8. The van der Waals surface area contributed by atoms with Gasteiger partial charge < -0.3 is 4.57 Å². The van der Waals surface area contributed by atoms with Gasteiger partial charge in [0.2, 0.25) is 0 Å². The fraction of sp³-hybridized carbons (Fsp3) is 0.429. The molecule has 0 amide bonds. The average molecular weight is 664 g/mol. The third-order valence-electron chi connectivity index (χ3n) is 9.74. The summed E-state index contributed by atoms with van der Waals surface area (Å²) < 4.78 is 3.87. The standard InChI is InChI=1S/C42H49NO2S2/c1-2-3-4-5-6-7-8-9-10-11-12-13-14-15-16-21-28-43-36-25-20-19-24-34(36)42-37(43)30-39(47-42)38-27-26-31(46-38)29-35-40(44)32-22-17-18-23-33(32)41(35)45/h17-20,22-27,29-30H,2-16,21,28H2,1H3. The number of carbonyl (C=O) groups excluding carboxylic acids is 2. The maximum absolute atomic E-state index is 12.9. The summed E-state index contributed by atoms with van der Waals surface area (Å²) in [6.07, 6.45) is 24.0. The van der Waals surface area contributed by atoms with Crippen LogP contribution in [-0.2, 0) is 6.54 Å². The summed E-state index contributed by atoms with van der Waals surface area (Å²) in [5.74, 6) is -0.339. The van der Waals surface area contributed by atoms with E-state index in [4.69, 9.17) is 0 Å². The molecule has 0 fully saturated rings.